The van der Waals surface area contributed by atoms with Crippen LogP contribution >= 0.6 is 0 Å². The summed E-state index contributed by atoms with van der Waals surface area (Å²) in [6.45, 7) is 2.11. The van der Waals surface area contributed by atoms with Crippen molar-refractivity contribution in [2.45, 2.75) is 32.6 Å². The molecule has 94 valence electrons. The Morgan fingerprint density at radius 1 is 1.41 bits per heavy atom. The number of hydrogen-bond acceptors (Lipinski definition) is 3. The Balaban J connectivity index is 2.60. The van der Waals surface area contributed by atoms with Gasteiger partial charge in [0.05, 0.1) is 12.8 Å². The lowest BCUT2D eigenvalue weighted by atomic mass is 10.2. The summed E-state index contributed by atoms with van der Waals surface area (Å²) in [6.07, 6.45) is 3.62. The number of carbonyl (C=O) groups excluding carboxylic acids is 1. The summed E-state index contributed by atoms with van der Waals surface area (Å²) in [5, 5.41) is 2.82. The maximum Gasteiger partial charge on any atom is 0.224 e. The Bertz CT molecular complexity index is 378. The minimum Gasteiger partial charge on any atom is -0.495 e. The summed E-state index contributed by atoms with van der Waals surface area (Å²) in [5.74, 6) is 0.630. The van der Waals surface area contributed by atoms with Crippen LogP contribution < -0.4 is 15.8 Å². The fourth-order valence-corrected chi connectivity index (χ4v) is 1.57. The molecule has 3 N–H and O–H groups in total. The molecule has 0 aliphatic carbocycles. The smallest absolute Gasteiger partial charge is 0.224 e. The van der Waals surface area contributed by atoms with Crippen molar-refractivity contribution in [2.75, 3.05) is 18.2 Å². The number of carbonyl (C=O) groups is 1. The van der Waals surface area contributed by atoms with Crippen LogP contribution in [0.5, 0.6) is 5.75 Å². The Hall–Kier alpha value is -1.71. The third kappa shape index (κ3) is 4.34. The van der Waals surface area contributed by atoms with Crippen LogP contribution in [-0.4, -0.2) is 13.0 Å². The summed E-state index contributed by atoms with van der Waals surface area (Å²) in [4.78, 5) is 11.7. The fourth-order valence-electron chi connectivity index (χ4n) is 1.57. The highest BCUT2D eigenvalue weighted by molar-refractivity contribution is 5.92. The Morgan fingerprint density at radius 3 is 2.82 bits per heavy atom. The van der Waals surface area contributed by atoms with Gasteiger partial charge >= 0.3 is 0 Å². The third-order valence-corrected chi connectivity index (χ3v) is 2.51. The number of anilines is 2. The zero-order chi connectivity index (χ0) is 12.7. The molecular weight excluding hydrogens is 216 g/mol. The van der Waals surface area contributed by atoms with Gasteiger partial charge in [0.25, 0.3) is 0 Å². The minimum atomic E-state index is 0.00218. The first-order valence-electron chi connectivity index (χ1n) is 5.90. The van der Waals surface area contributed by atoms with Gasteiger partial charge < -0.3 is 15.8 Å². The summed E-state index contributed by atoms with van der Waals surface area (Å²) in [6, 6.07) is 5.19. The van der Waals surface area contributed by atoms with Gasteiger partial charge in [-0.05, 0) is 24.6 Å². The molecule has 0 spiro atoms. The van der Waals surface area contributed by atoms with Gasteiger partial charge in [0, 0.05) is 12.1 Å². The van der Waals surface area contributed by atoms with Gasteiger partial charge in [0.1, 0.15) is 5.75 Å². The molecule has 0 aromatic heterocycles. The van der Waals surface area contributed by atoms with Crippen LogP contribution in [0.25, 0.3) is 0 Å². The number of nitrogens with one attached hydrogen (secondary N) is 1. The van der Waals surface area contributed by atoms with Crippen molar-refractivity contribution in [2.24, 2.45) is 0 Å². The molecule has 17 heavy (non-hydrogen) atoms. The van der Waals surface area contributed by atoms with Gasteiger partial charge in [-0.2, -0.15) is 0 Å². The molecule has 1 rings (SSSR count). The lowest BCUT2D eigenvalue weighted by molar-refractivity contribution is -0.116. The first-order chi connectivity index (χ1) is 8.17. The maximum absolute atomic E-state index is 11.7. The van der Waals surface area contributed by atoms with Crippen molar-refractivity contribution in [3.05, 3.63) is 18.2 Å². The van der Waals surface area contributed by atoms with E-state index in [0.717, 1.165) is 19.3 Å². The lowest BCUT2D eigenvalue weighted by Crippen LogP contribution is -2.12. The largest absolute Gasteiger partial charge is 0.495 e. The van der Waals surface area contributed by atoms with Crippen molar-refractivity contribution in [1.29, 1.82) is 0 Å². The highest BCUT2D eigenvalue weighted by Crippen LogP contribution is 2.26. The number of rotatable bonds is 6. The molecule has 1 aromatic carbocycles. The second-order valence-corrected chi connectivity index (χ2v) is 3.97. The Labute approximate surface area is 102 Å². The maximum atomic E-state index is 11.7. The van der Waals surface area contributed by atoms with Crippen molar-refractivity contribution < 1.29 is 9.53 Å². The number of benzene rings is 1. The number of amides is 1. The molecule has 4 heteroatoms. The number of unbranched alkanes of at least 4 members (excludes halogenated alkanes) is 2. The molecule has 0 aliphatic heterocycles. The summed E-state index contributed by atoms with van der Waals surface area (Å²) in [5.41, 5.74) is 6.91. The zero-order valence-corrected chi connectivity index (χ0v) is 10.5. The van der Waals surface area contributed by atoms with Gasteiger partial charge in [-0.3, -0.25) is 4.79 Å². The molecule has 0 unspecified atom stereocenters. The van der Waals surface area contributed by atoms with Crippen LogP contribution in [0.1, 0.15) is 32.6 Å². The molecule has 0 saturated heterocycles. The van der Waals surface area contributed by atoms with Gasteiger partial charge in [-0.1, -0.05) is 19.8 Å². The highest BCUT2D eigenvalue weighted by Gasteiger charge is 2.07. The molecule has 0 saturated carbocycles. The second kappa shape index (κ2) is 6.78. The molecule has 0 heterocycles. The summed E-state index contributed by atoms with van der Waals surface area (Å²) < 4.78 is 5.16. The standard InChI is InChI=1S/C13H20N2O2/c1-3-4-5-6-13(16)15-11-9-10(14)7-8-12(11)17-2/h7-9H,3-6,14H2,1-2H3,(H,15,16). The Morgan fingerprint density at radius 2 is 2.18 bits per heavy atom. The predicted molar refractivity (Wildman–Crippen MR) is 70.2 cm³/mol. The normalized spacial score (nSPS) is 10.0. The monoisotopic (exact) mass is 236 g/mol. The number of methoxy groups -OCH3 is 1. The van der Waals surface area contributed by atoms with E-state index in [1.54, 1.807) is 25.3 Å². The zero-order valence-electron chi connectivity index (χ0n) is 10.5. The van der Waals surface area contributed by atoms with Crippen LogP contribution in [0.2, 0.25) is 0 Å². The molecule has 0 atom stereocenters. The Kier molecular flexibility index (Phi) is 5.33. The van der Waals surface area contributed by atoms with Crippen molar-refractivity contribution >= 4 is 17.3 Å². The average molecular weight is 236 g/mol. The SMILES string of the molecule is CCCCCC(=O)Nc1cc(N)ccc1OC. The van der Waals surface area contributed by atoms with Crippen LogP contribution in [0.15, 0.2) is 18.2 Å². The average Bonchev–Trinajstić information content (AvgIpc) is 2.29. The van der Waals surface area contributed by atoms with Crippen LogP contribution in [0.3, 0.4) is 0 Å². The van der Waals surface area contributed by atoms with Crippen molar-refractivity contribution in [1.82, 2.24) is 0 Å². The number of hydrogen-bond donors (Lipinski definition) is 2. The van der Waals surface area contributed by atoms with E-state index < -0.39 is 0 Å². The van der Waals surface area contributed by atoms with E-state index in [0.29, 0.717) is 23.5 Å². The van der Waals surface area contributed by atoms with Gasteiger partial charge in [0.2, 0.25) is 5.91 Å². The molecule has 1 aromatic rings. The van der Waals surface area contributed by atoms with E-state index in [2.05, 4.69) is 12.2 Å². The topological polar surface area (TPSA) is 64.4 Å². The van der Waals surface area contributed by atoms with E-state index in [1.165, 1.54) is 0 Å². The van der Waals surface area contributed by atoms with Crippen LogP contribution in [-0.2, 0) is 4.79 Å². The summed E-state index contributed by atoms with van der Waals surface area (Å²) >= 11 is 0. The number of ether oxygens (including phenoxy) is 1. The minimum absolute atomic E-state index is 0.00218. The van der Waals surface area contributed by atoms with Crippen molar-refractivity contribution in [3.8, 4) is 5.75 Å². The number of nitrogen functional groups attached to an aromatic ring is 1. The molecule has 1 amide bonds. The van der Waals surface area contributed by atoms with E-state index in [1.807, 2.05) is 0 Å². The second-order valence-electron chi connectivity index (χ2n) is 3.97. The van der Waals surface area contributed by atoms with Gasteiger partial charge in [0.15, 0.2) is 0 Å². The van der Waals surface area contributed by atoms with Gasteiger partial charge in [-0.25, -0.2) is 0 Å². The van der Waals surface area contributed by atoms with E-state index >= 15 is 0 Å². The first kappa shape index (κ1) is 13.4. The molecule has 0 radical (unpaired) electrons. The van der Waals surface area contributed by atoms with E-state index in [9.17, 15) is 4.79 Å². The predicted octanol–water partition coefficient (Wildman–Crippen LogP) is 2.80. The summed E-state index contributed by atoms with van der Waals surface area (Å²) in [7, 11) is 1.57. The first-order valence-corrected chi connectivity index (χ1v) is 5.90. The molecular formula is C13H20N2O2. The molecule has 0 aliphatic rings. The molecule has 0 bridgehead atoms. The van der Waals surface area contributed by atoms with Crippen LogP contribution in [0.4, 0.5) is 11.4 Å². The lowest BCUT2D eigenvalue weighted by Gasteiger charge is -2.10. The fraction of sp³-hybridized carbons (Fsp3) is 0.462. The molecule has 0 fully saturated rings. The van der Waals surface area contributed by atoms with Crippen LogP contribution in [0, 0.1) is 0 Å². The molecule has 4 nitrogen and oxygen atoms in total. The van der Waals surface area contributed by atoms with Crippen molar-refractivity contribution in [3.63, 3.8) is 0 Å². The third-order valence-electron chi connectivity index (χ3n) is 2.51. The van der Waals surface area contributed by atoms with E-state index in [4.69, 9.17) is 10.5 Å². The highest BCUT2D eigenvalue weighted by atomic mass is 16.5. The quantitative estimate of drug-likeness (QED) is 0.589. The number of nitrogens with two attached hydrogens (primary N) is 1. The van der Waals surface area contributed by atoms with E-state index in [-0.39, 0.29) is 5.91 Å². The van der Waals surface area contributed by atoms with Gasteiger partial charge in [-0.15, -0.1) is 0 Å².